The minimum absolute atomic E-state index is 0.435. The summed E-state index contributed by atoms with van der Waals surface area (Å²) in [5, 5.41) is 0. The van der Waals surface area contributed by atoms with Gasteiger partial charge in [-0.1, -0.05) is 65.2 Å². The minimum atomic E-state index is 0.435. The van der Waals surface area contributed by atoms with Gasteiger partial charge in [0.1, 0.15) is 0 Å². The van der Waals surface area contributed by atoms with Gasteiger partial charge in [0, 0.05) is 5.92 Å². The van der Waals surface area contributed by atoms with Gasteiger partial charge >= 0.3 is 0 Å². The van der Waals surface area contributed by atoms with E-state index in [0.717, 1.165) is 17.8 Å². The van der Waals surface area contributed by atoms with Crippen molar-refractivity contribution in [2.75, 3.05) is 0 Å². The van der Waals surface area contributed by atoms with Gasteiger partial charge in [-0.25, -0.2) is 0 Å². The van der Waals surface area contributed by atoms with E-state index in [0.29, 0.717) is 5.41 Å². The lowest BCUT2D eigenvalue weighted by atomic mass is 9.69. The van der Waals surface area contributed by atoms with Crippen molar-refractivity contribution in [3.8, 4) is 0 Å². The Hall–Kier alpha value is -0.520. The summed E-state index contributed by atoms with van der Waals surface area (Å²) >= 11 is 0. The molecule has 0 saturated carbocycles. The molecule has 19 heavy (non-hydrogen) atoms. The maximum Gasteiger partial charge on any atom is 0.000902 e. The number of hydrogen-bond donors (Lipinski definition) is 0. The van der Waals surface area contributed by atoms with Gasteiger partial charge < -0.3 is 0 Å². The van der Waals surface area contributed by atoms with Crippen molar-refractivity contribution in [1.82, 2.24) is 0 Å². The minimum Gasteiger partial charge on any atom is -0.0768 e. The first-order chi connectivity index (χ1) is 8.94. The van der Waals surface area contributed by atoms with Crippen LogP contribution in [0.1, 0.15) is 73.1 Å². The van der Waals surface area contributed by atoms with Crippen LogP contribution < -0.4 is 0 Å². The molecule has 0 aromatic carbocycles. The van der Waals surface area contributed by atoms with Crippen LogP contribution in [-0.4, -0.2) is 0 Å². The van der Waals surface area contributed by atoms with Crippen molar-refractivity contribution < 1.29 is 0 Å². The molecule has 0 radical (unpaired) electrons. The van der Waals surface area contributed by atoms with Gasteiger partial charge in [-0.2, -0.15) is 0 Å². The third-order valence-electron chi connectivity index (χ3n) is 5.12. The molecule has 0 N–H and O–H groups in total. The number of hydrogen-bond acceptors (Lipinski definition) is 0. The molecule has 0 bridgehead atoms. The molecule has 0 aromatic heterocycles. The monoisotopic (exact) mass is 260 g/mol. The van der Waals surface area contributed by atoms with Gasteiger partial charge in [-0.05, 0) is 48.5 Å². The summed E-state index contributed by atoms with van der Waals surface area (Å²) in [5.41, 5.74) is 3.95. The fourth-order valence-corrected chi connectivity index (χ4v) is 4.37. The van der Waals surface area contributed by atoms with Crippen molar-refractivity contribution in [3.63, 3.8) is 0 Å². The molecule has 0 spiro atoms. The Morgan fingerprint density at radius 3 is 2.53 bits per heavy atom. The van der Waals surface area contributed by atoms with Gasteiger partial charge in [0.15, 0.2) is 0 Å². The summed E-state index contributed by atoms with van der Waals surface area (Å²) in [7, 11) is 0. The van der Waals surface area contributed by atoms with E-state index in [1.807, 2.05) is 0 Å². The predicted molar refractivity (Wildman–Crippen MR) is 85.1 cm³/mol. The van der Waals surface area contributed by atoms with Crippen molar-refractivity contribution in [2.24, 2.45) is 23.2 Å². The largest absolute Gasteiger partial charge is 0.0768 e. The molecule has 2 rings (SSSR count). The van der Waals surface area contributed by atoms with E-state index in [2.05, 4.69) is 46.8 Å². The second-order valence-electron chi connectivity index (χ2n) is 7.79. The van der Waals surface area contributed by atoms with Crippen molar-refractivity contribution in [2.45, 2.75) is 73.1 Å². The summed E-state index contributed by atoms with van der Waals surface area (Å²) in [6.07, 6.45) is 13.3. The lowest BCUT2D eigenvalue weighted by Gasteiger charge is -2.36. The van der Waals surface area contributed by atoms with Crippen LogP contribution in [0.25, 0.3) is 0 Å². The highest BCUT2D eigenvalue weighted by Crippen LogP contribution is 2.49. The van der Waals surface area contributed by atoms with E-state index in [-0.39, 0.29) is 0 Å². The molecule has 0 heteroatoms. The molecule has 0 aliphatic heterocycles. The molecule has 0 nitrogen and oxygen atoms in total. The van der Waals surface area contributed by atoms with Crippen LogP contribution in [0.5, 0.6) is 0 Å². The highest BCUT2D eigenvalue weighted by atomic mass is 14.4. The van der Waals surface area contributed by atoms with Crippen LogP contribution in [0, 0.1) is 23.2 Å². The second-order valence-corrected chi connectivity index (χ2v) is 7.79. The highest BCUT2D eigenvalue weighted by Gasteiger charge is 2.35. The molecule has 0 heterocycles. The van der Waals surface area contributed by atoms with Crippen molar-refractivity contribution >= 4 is 0 Å². The Kier molecular flexibility index (Phi) is 4.58. The molecule has 0 aromatic rings. The number of allylic oxidation sites excluding steroid dienone is 4. The summed E-state index contributed by atoms with van der Waals surface area (Å²) in [4.78, 5) is 0. The fourth-order valence-electron chi connectivity index (χ4n) is 4.37. The molecule has 0 amide bonds. The Morgan fingerprint density at radius 1 is 1.16 bits per heavy atom. The van der Waals surface area contributed by atoms with Gasteiger partial charge in [0.25, 0.3) is 0 Å². The zero-order valence-electron chi connectivity index (χ0n) is 13.6. The molecule has 0 saturated heterocycles. The molecule has 2 aliphatic carbocycles. The van der Waals surface area contributed by atoms with E-state index < -0.39 is 0 Å². The summed E-state index contributed by atoms with van der Waals surface area (Å²) in [6.45, 7) is 12.0. The molecule has 2 aliphatic rings. The third kappa shape index (κ3) is 3.15. The first kappa shape index (κ1) is 14.9. The molecular formula is C19H32. The second kappa shape index (κ2) is 5.85. The summed E-state index contributed by atoms with van der Waals surface area (Å²) in [5.74, 6) is 2.27. The Morgan fingerprint density at radius 2 is 1.89 bits per heavy atom. The quantitative estimate of drug-likeness (QED) is 0.571. The van der Waals surface area contributed by atoms with Crippen LogP contribution in [-0.2, 0) is 0 Å². The number of rotatable bonds is 3. The van der Waals surface area contributed by atoms with Crippen LogP contribution in [0.3, 0.4) is 0 Å². The topological polar surface area (TPSA) is 0 Å². The molecule has 108 valence electrons. The first-order valence-electron chi connectivity index (χ1n) is 8.36. The Balaban J connectivity index is 2.36. The van der Waals surface area contributed by atoms with Crippen LogP contribution in [0.2, 0.25) is 0 Å². The fraction of sp³-hybridized carbons (Fsp3) is 0.789. The predicted octanol–water partition coefficient (Wildman–Crippen LogP) is 6.14. The van der Waals surface area contributed by atoms with Gasteiger partial charge in [0.2, 0.25) is 0 Å². The standard InChI is InChI=1S/C19H32/c1-14(2)13-19(5)12-8-6-7-9-17-16(15(3)4)10-11-18(17)19/h10-11,14-16H,6-9,12-13H2,1-5H3. The maximum absolute atomic E-state index is 2.53. The lowest BCUT2D eigenvalue weighted by Crippen LogP contribution is -2.24. The SMILES string of the molecule is CC(C)CC1(C)CCCCCC2=C1C=CC2C(C)C. The van der Waals surface area contributed by atoms with E-state index >= 15 is 0 Å². The maximum atomic E-state index is 2.53. The van der Waals surface area contributed by atoms with E-state index in [4.69, 9.17) is 0 Å². The average Bonchev–Trinajstić information content (AvgIpc) is 2.69. The van der Waals surface area contributed by atoms with Crippen molar-refractivity contribution in [3.05, 3.63) is 23.3 Å². The Bertz CT molecular complexity index is 369. The average molecular weight is 260 g/mol. The van der Waals surface area contributed by atoms with Crippen LogP contribution >= 0.6 is 0 Å². The van der Waals surface area contributed by atoms with Gasteiger partial charge in [-0.15, -0.1) is 0 Å². The zero-order chi connectivity index (χ0) is 14.0. The first-order valence-corrected chi connectivity index (χ1v) is 8.36. The van der Waals surface area contributed by atoms with E-state index in [9.17, 15) is 0 Å². The van der Waals surface area contributed by atoms with E-state index in [1.54, 1.807) is 11.1 Å². The van der Waals surface area contributed by atoms with Gasteiger partial charge in [0.05, 0.1) is 0 Å². The smallest absolute Gasteiger partial charge is 0.000902 e. The molecule has 0 fully saturated rings. The molecule has 2 atom stereocenters. The normalized spacial score (nSPS) is 31.8. The van der Waals surface area contributed by atoms with E-state index in [1.165, 1.54) is 38.5 Å². The van der Waals surface area contributed by atoms with Crippen LogP contribution in [0.15, 0.2) is 23.3 Å². The highest BCUT2D eigenvalue weighted by molar-refractivity contribution is 5.42. The van der Waals surface area contributed by atoms with Gasteiger partial charge in [-0.3, -0.25) is 0 Å². The Labute approximate surface area is 120 Å². The lowest BCUT2D eigenvalue weighted by molar-refractivity contribution is 0.276. The zero-order valence-corrected chi connectivity index (χ0v) is 13.6. The summed E-state index contributed by atoms with van der Waals surface area (Å²) in [6, 6.07) is 0. The summed E-state index contributed by atoms with van der Waals surface area (Å²) < 4.78 is 0. The molecular weight excluding hydrogens is 228 g/mol. The third-order valence-corrected chi connectivity index (χ3v) is 5.12. The molecule has 2 unspecified atom stereocenters. The van der Waals surface area contributed by atoms with Crippen LogP contribution in [0.4, 0.5) is 0 Å². The van der Waals surface area contributed by atoms with Crippen molar-refractivity contribution in [1.29, 1.82) is 0 Å².